The molecule has 9 heavy (non-hydrogen) atoms. The lowest BCUT2D eigenvalue weighted by Crippen LogP contribution is -2.14. The second kappa shape index (κ2) is 6.01. The summed E-state index contributed by atoms with van der Waals surface area (Å²) in [6.45, 7) is 0.698. The average Bonchev–Trinajstić information content (AvgIpc) is 1.91. The van der Waals surface area contributed by atoms with Crippen LogP contribution in [0, 0.1) is 0 Å². The smallest absolute Gasteiger partial charge is 0.156 e. The zero-order valence-corrected chi connectivity index (χ0v) is 6.09. The fourth-order valence-electron chi connectivity index (χ4n) is 0.616. The lowest BCUT2D eigenvalue weighted by atomic mass is 10.3. The molecule has 0 fully saturated rings. The molecular weight excluding hydrogens is 118 g/mol. The zero-order valence-electron chi connectivity index (χ0n) is 6.09. The number of ether oxygens (including phenoxy) is 2. The van der Waals surface area contributed by atoms with Crippen LogP contribution in [-0.4, -0.2) is 27.1 Å². The molecule has 0 aliphatic rings. The molecule has 0 saturated carbocycles. The monoisotopic (exact) mass is 133 g/mol. The summed E-state index contributed by atoms with van der Waals surface area (Å²) in [6, 6.07) is 0. The van der Waals surface area contributed by atoms with Gasteiger partial charge in [-0.05, 0) is 19.4 Å². The van der Waals surface area contributed by atoms with Gasteiger partial charge < -0.3 is 15.2 Å². The van der Waals surface area contributed by atoms with Crippen LogP contribution in [0.3, 0.4) is 0 Å². The van der Waals surface area contributed by atoms with Crippen molar-refractivity contribution < 1.29 is 9.47 Å². The number of rotatable bonds is 5. The molecule has 3 heteroatoms. The maximum absolute atomic E-state index is 5.28. The van der Waals surface area contributed by atoms with Crippen molar-refractivity contribution in [2.45, 2.75) is 19.1 Å². The molecule has 0 aliphatic heterocycles. The summed E-state index contributed by atoms with van der Waals surface area (Å²) in [5.41, 5.74) is 5.28. The molecule has 0 radical (unpaired) electrons. The van der Waals surface area contributed by atoms with Crippen molar-refractivity contribution in [3.8, 4) is 0 Å². The first-order chi connectivity index (χ1) is 4.35. The SMILES string of the molecule is COC(CCCN)OC. The summed E-state index contributed by atoms with van der Waals surface area (Å²) in [5.74, 6) is 0. The highest BCUT2D eigenvalue weighted by atomic mass is 16.7. The Morgan fingerprint density at radius 1 is 1.33 bits per heavy atom. The highest BCUT2D eigenvalue weighted by Crippen LogP contribution is 1.99. The maximum atomic E-state index is 5.28. The lowest BCUT2D eigenvalue weighted by molar-refractivity contribution is -0.106. The van der Waals surface area contributed by atoms with Crippen LogP contribution in [0.15, 0.2) is 0 Å². The summed E-state index contributed by atoms with van der Waals surface area (Å²) >= 11 is 0. The predicted molar refractivity (Wildman–Crippen MR) is 36.1 cm³/mol. The Hall–Kier alpha value is -0.120. The van der Waals surface area contributed by atoms with Gasteiger partial charge in [0.2, 0.25) is 0 Å². The van der Waals surface area contributed by atoms with Crippen LogP contribution in [0.5, 0.6) is 0 Å². The highest BCUT2D eigenvalue weighted by molar-refractivity contribution is 4.44. The predicted octanol–water partition coefficient (Wildman–Crippen LogP) is 0.344. The number of hydrogen-bond acceptors (Lipinski definition) is 3. The molecular formula is C6H15NO2. The normalized spacial score (nSPS) is 10.7. The van der Waals surface area contributed by atoms with E-state index >= 15 is 0 Å². The minimum atomic E-state index is -0.0754. The fourth-order valence-corrected chi connectivity index (χ4v) is 0.616. The first-order valence-corrected chi connectivity index (χ1v) is 3.10. The second-order valence-corrected chi connectivity index (χ2v) is 1.83. The second-order valence-electron chi connectivity index (χ2n) is 1.83. The van der Waals surface area contributed by atoms with E-state index in [-0.39, 0.29) is 6.29 Å². The maximum Gasteiger partial charge on any atom is 0.156 e. The zero-order chi connectivity index (χ0) is 7.11. The summed E-state index contributed by atoms with van der Waals surface area (Å²) in [6.07, 6.45) is 1.75. The Morgan fingerprint density at radius 2 is 1.89 bits per heavy atom. The van der Waals surface area contributed by atoms with E-state index in [1.54, 1.807) is 14.2 Å². The van der Waals surface area contributed by atoms with Gasteiger partial charge in [0.1, 0.15) is 0 Å². The Balaban J connectivity index is 3.09. The van der Waals surface area contributed by atoms with E-state index < -0.39 is 0 Å². The summed E-state index contributed by atoms with van der Waals surface area (Å²) in [7, 11) is 3.26. The van der Waals surface area contributed by atoms with Gasteiger partial charge in [0.05, 0.1) is 0 Å². The van der Waals surface area contributed by atoms with Gasteiger partial charge in [0, 0.05) is 14.2 Å². The summed E-state index contributed by atoms with van der Waals surface area (Å²) in [5, 5.41) is 0. The van der Waals surface area contributed by atoms with Crippen molar-refractivity contribution in [3.05, 3.63) is 0 Å². The van der Waals surface area contributed by atoms with E-state index in [1.807, 2.05) is 0 Å². The van der Waals surface area contributed by atoms with E-state index in [2.05, 4.69) is 0 Å². The third-order valence-electron chi connectivity index (χ3n) is 1.17. The van der Waals surface area contributed by atoms with Crippen LogP contribution < -0.4 is 5.73 Å². The molecule has 0 spiro atoms. The quantitative estimate of drug-likeness (QED) is 0.550. The first-order valence-electron chi connectivity index (χ1n) is 3.10. The fraction of sp³-hybridized carbons (Fsp3) is 1.00. The molecule has 0 unspecified atom stereocenters. The molecule has 0 aromatic rings. The van der Waals surface area contributed by atoms with Gasteiger partial charge >= 0.3 is 0 Å². The van der Waals surface area contributed by atoms with Crippen molar-refractivity contribution in [2.75, 3.05) is 20.8 Å². The van der Waals surface area contributed by atoms with Gasteiger partial charge in [0.25, 0.3) is 0 Å². The number of hydrogen-bond donors (Lipinski definition) is 1. The summed E-state index contributed by atoms with van der Waals surface area (Å²) < 4.78 is 9.85. The molecule has 0 saturated heterocycles. The third kappa shape index (κ3) is 4.39. The van der Waals surface area contributed by atoms with Crippen molar-refractivity contribution in [1.82, 2.24) is 0 Å². The molecule has 0 aliphatic carbocycles. The standard InChI is InChI=1S/C6H15NO2/c1-8-6(9-2)4-3-5-7/h6H,3-5,7H2,1-2H3. The number of methoxy groups -OCH3 is 2. The lowest BCUT2D eigenvalue weighted by Gasteiger charge is -2.11. The van der Waals surface area contributed by atoms with Crippen LogP contribution in [0.1, 0.15) is 12.8 Å². The van der Waals surface area contributed by atoms with Gasteiger partial charge in [0.15, 0.2) is 6.29 Å². The molecule has 0 bridgehead atoms. The Labute approximate surface area is 56.1 Å². The van der Waals surface area contributed by atoms with E-state index in [4.69, 9.17) is 15.2 Å². The molecule has 56 valence electrons. The highest BCUT2D eigenvalue weighted by Gasteiger charge is 2.01. The average molecular weight is 133 g/mol. The van der Waals surface area contributed by atoms with Gasteiger partial charge in [-0.3, -0.25) is 0 Å². The van der Waals surface area contributed by atoms with Crippen molar-refractivity contribution in [3.63, 3.8) is 0 Å². The minimum Gasteiger partial charge on any atom is -0.356 e. The topological polar surface area (TPSA) is 44.5 Å². The van der Waals surface area contributed by atoms with Gasteiger partial charge in [-0.1, -0.05) is 0 Å². The largest absolute Gasteiger partial charge is 0.356 e. The van der Waals surface area contributed by atoms with Crippen LogP contribution >= 0.6 is 0 Å². The molecule has 0 heterocycles. The molecule has 3 nitrogen and oxygen atoms in total. The molecule has 2 N–H and O–H groups in total. The molecule has 0 rings (SSSR count). The Morgan fingerprint density at radius 3 is 2.22 bits per heavy atom. The van der Waals surface area contributed by atoms with Crippen molar-refractivity contribution >= 4 is 0 Å². The third-order valence-corrected chi connectivity index (χ3v) is 1.17. The number of nitrogens with two attached hydrogens (primary N) is 1. The van der Waals surface area contributed by atoms with Gasteiger partial charge in [-0.25, -0.2) is 0 Å². The molecule has 0 aromatic heterocycles. The van der Waals surface area contributed by atoms with E-state index in [1.165, 1.54) is 0 Å². The van der Waals surface area contributed by atoms with E-state index in [0.717, 1.165) is 12.8 Å². The van der Waals surface area contributed by atoms with Gasteiger partial charge in [-0.2, -0.15) is 0 Å². The van der Waals surface area contributed by atoms with Crippen molar-refractivity contribution in [2.24, 2.45) is 5.73 Å². The van der Waals surface area contributed by atoms with Crippen LogP contribution in [0.4, 0.5) is 0 Å². The summed E-state index contributed by atoms with van der Waals surface area (Å²) in [4.78, 5) is 0. The molecule has 0 amide bonds. The van der Waals surface area contributed by atoms with E-state index in [0.29, 0.717) is 6.54 Å². The van der Waals surface area contributed by atoms with Crippen molar-refractivity contribution in [1.29, 1.82) is 0 Å². The van der Waals surface area contributed by atoms with Crippen LogP contribution in [0.2, 0.25) is 0 Å². The van der Waals surface area contributed by atoms with Crippen LogP contribution in [-0.2, 0) is 9.47 Å². The molecule has 0 atom stereocenters. The Bertz CT molecular complexity index is 55.0. The van der Waals surface area contributed by atoms with E-state index in [9.17, 15) is 0 Å². The van der Waals surface area contributed by atoms with Gasteiger partial charge in [-0.15, -0.1) is 0 Å². The van der Waals surface area contributed by atoms with Crippen LogP contribution in [0.25, 0.3) is 0 Å². The first kappa shape index (κ1) is 8.88. The minimum absolute atomic E-state index is 0.0754. The Kier molecular flexibility index (Phi) is 5.93. The molecule has 0 aromatic carbocycles.